The summed E-state index contributed by atoms with van der Waals surface area (Å²) in [5.74, 6) is 1.93. The molecular formula is C16H21N3O. The topological polar surface area (TPSA) is 53.1 Å². The number of benzene rings is 1. The zero-order chi connectivity index (χ0) is 13.9. The molecule has 20 heavy (non-hydrogen) atoms. The molecule has 0 amide bonds. The van der Waals surface area contributed by atoms with Crippen LogP contribution in [0.15, 0.2) is 24.4 Å². The lowest BCUT2D eigenvalue weighted by molar-refractivity contribution is 0.287. The minimum atomic E-state index is 0.467. The summed E-state index contributed by atoms with van der Waals surface area (Å²) >= 11 is 0. The number of imidazole rings is 1. The van der Waals surface area contributed by atoms with Gasteiger partial charge in [-0.15, -0.1) is 0 Å². The van der Waals surface area contributed by atoms with Gasteiger partial charge in [0.05, 0.1) is 5.69 Å². The first kappa shape index (κ1) is 13.2. The fraction of sp³-hybridized carbons (Fsp3) is 0.438. The van der Waals surface area contributed by atoms with Crippen molar-refractivity contribution < 1.29 is 4.74 Å². The highest BCUT2D eigenvalue weighted by molar-refractivity contribution is 5.41. The Morgan fingerprint density at radius 3 is 2.95 bits per heavy atom. The Labute approximate surface area is 119 Å². The summed E-state index contributed by atoms with van der Waals surface area (Å²) < 4.78 is 7.99. The van der Waals surface area contributed by atoms with E-state index in [1.165, 1.54) is 30.4 Å². The Balaban J connectivity index is 1.76. The lowest BCUT2D eigenvalue weighted by atomic mass is 9.91. The second-order valence-electron chi connectivity index (χ2n) is 5.35. The third-order valence-electron chi connectivity index (χ3n) is 3.94. The minimum absolute atomic E-state index is 0.467. The highest BCUT2D eigenvalue weighted by Crippen LogP contribution is 2.29. The van der Waals surface area contributed by atoms with Crippen LogP contribution in [0.1, 0.15) is 35.5 Å². The molecule has 1 aromatic heterocycles. The summed E-state index contributed by atoms with van der Waals surface area (Å²) in [5.41, 5.74) is 9.34. The van der Waals surface area contributed by atoms with Gasteiger partial charge < -0.3 is 15.0 Å². The van der Waals surface area contributed by atoms with Crippen molar-refractivity contribution in [2.45, 2.75) is 38.8 Å². The first-order valence-electron chi connectivity index (χ1n) is 7.22. The highest BCUT2D eigenvalue weighted by Gasteiger charge is 2.14. The Morgan fingerprint density at radius 2 is 2.15 bits per heavy atom. The number of hydrogen-bond donors (Lipinski definition) is 1. The van der Waals surface area contributed by atoms with E-state index in [2.05, 4.69) is 23.2 Å². The maximum absolute atomic E-state index is 6.00. The van der Waals surface area contributed by atoms with Gasteiger partial charge in [0.25, 0.3) is 0 Å². The van der Waals surface area contributed by atoms with Crippen LogP contribution >= 0.6 is 0 Å². The monoisotopic (exact) mass is 271 g/mol. The molecule has 0 spiro atoms. The Morgan fingerprint density at radius 1 is 1.30 bits per heavy atom. The van der Waals surface area contributed by atoms with E-state index < -0.39 is 0 Å². The molecular weight excluding hydrogens is 250 g/mol. The van der Waals surface area contributed by atoms with E-state index in [0.717, 1.165) is 23.7 Å². The van der Waals surface area contributed by atoms with Crippen LogP contribution < -0.4 is 10.5 Å². The third-order valence-corrected chi connectivity index (χ3v) is 3.94. The van der Waals surface area contributed by atoms with E-state index in [4.69, 9.17) is 10.5 Å². The molecule has 3 rings (SSSR count). The fourth-order valence-electron chi connectivity index (χ4n) is 2.83. The molecule has 0 bridgehead atoms. The molecule has 2 aromatic rings. The molecule has 0 saturated carbocycles. The quantitative estimate of drug-likeness (QED) is 0.928. The van der Waals surface area contributed by atoms with Crippen LogP contribution in [0.2, 0.25) is 0 Å². The summed E-state index contributed by atoms with van der Waals surface area (Å²) in [6.45, 7) is 0.960. The number of aromatic nitrogens is 2. The van der Waals surface area contributed by atoms with Crippen LogP contribution in [-0.4, -0.2) is 9.55 Å². The maximum Gasteiger partial charge on any atom is 0.146 e. The van der Waals surface area contributed by atoms with Gasteiger partial charge in [-0.05, 0) is 42.9 Å². The molecule has 1 aliphatic rings. The average Bonchev–Trinajstić information content (AvgIpc) is 2.85. The van der Waals surface area contributed by atoms with Crippen LogP contribution in [0.3, 0.4) is 0 Å². The molecule has 1 aliphatic carbocycles. The van der Waals surface area contributed by atoms with Gasteiger partial charge in [-0.25, -0.2) is 4.98 Å². The Kier molecular flexibility index (Phi) is 3.74. The fourth-order valence-corrected chi connectivity index (χ4v) is 2.83. The van der Waals surface area contributed by atoms with Crippen molar-refractivity contribution in [3.63, 3.8) is 0 Å². The first-order chi connectivity index (χ1) is 9.78. The number of nitrogens with zero attached hydrogens (tertiary/aromatic N) is 2. The maximum atomic E-state index is 6.00. The van der Waals surface area contributed by atoms with E-state index in [9.17, 15) is 0 Å². The molecule has 4 heteroatoms. The minimum Gasteiger partial charge on any atom is -0.485 e. The molecule has 1 heterocycles. The molecule has 0 atom stereocenters. The second kappa shape index (κ2) is 5.67. The van der Waals surface area contributed by atoms with Gasteiger partial charge in [-0.1, -0.05) is 12.1 Å². The van der Waals surface area contributed by atoms with Gasteiger partial charge >= 0.3 is 0 Å². The standard InChI is InChI=1S/C16H21N3O/c1-19-10-13(9-17)18-16(19)11-20-15-8-4-6-12-5-2-3-7-14(12)15/h4,6,8,10H,2-3,5,7,9,11,17H2,1H3. The molecule has 1 aromatic carbocycles. The lowest BCUT2D eigenvalue weighted by Gasteiger charge is -2.19. The van der Waals surface area contributed by atoms with E-state index in [1.54, 1.807) is 0 Å². The van der Waals surface area contributed by atoms with E-state index in [-0.39, 0.29) is 0 Å². The number of fused-ring (bicyclic) bond motifs is 1. The van der Waals surface area contributed by atoms with Gasteiger partial charge in [0.1, 0.15) is 18.2 Å². The lowest BCUT2D eigenvalue weighted by Crippen LogP contribution is -2.08. The van der Waals surface area contributed by atoms with Crippen molar-refractivity contribution in [1.82, 2.24) is 9.55 Å². The molecule has 0 radical (unpaired) electrons. The number of ether oxygens (including phenoxy) is 1. The van der Waals surface area contributed by atoms with Crippen molar-refractivity contribution in [3.8, 4) is 5.75 Å². The van der Waals surface area contributed by atoms with E-state index in [1.807, 2.05) is 17.8 Å². The number of rotatable bonds is 4. The van der Waals surface area contributed by atoms with Crippen LogP contribution in [0.25, 0.3) is 0 Å². The van der Waals surface area contributed by atoms with Crippen molar-refractivity contribution in [2.24, 2.45) is 12.8 Å². The molecule has 2 N–H and O–H groups in total. The first-order valence-corrected chi connectivity index (χ1v) is 7.22. The Bertz CT molecular complexity index is 604. The number of nitrogens with two attached hydrogens (primary N) is 1. The van der Waals surface area contributed by atoms with Crippen molar-refractivity contribution in [3.05, 3.63) is 47.0 Å². The zero-order valence-corrected chi connectivity index (χ0v) is 11.9. The van der Waals surface area contributed by atoms with Crippen LogP contribution in [0.4, 0.5) is 0 Å². The number of hydrogen-bond acceptors (Lipinski definition) is 3. The molecule has 0 saturated heterocycles. The summed E-state index contributed by atoms with van der Waals surface area (Å²) in [7, 11) is 1.98. The molecule has 0 unspecified atom stereocenters. The summed E-state index contributed by atoms with van der Waals surface area (Å²) in [4.78, 5) is 4.47. The summed E-state index contributed by atoms with van der Waals surface area (Å²) in [6, 6.07) is 6.37. The second-order valence-corrected chi connectivity index (χ2v) is 5.35. The van der Waals surface area contributed by atoms with Crippen molar-refractivity contribution in [2.75, 3.05) is 0 Å². The van der Waals surface area contributed by atoms with Gasteiger partial charge in [-0.3, -0.25) is 0 Å². The van der Waals surface area contributed by atoms with Crippen molar-refractivity contribution in [1.29, 1.82) is 0 Å². The van der Waals surface area contributed by atoms with Gasteiger partial charge in [0.2, 0.25) is 0 Å². The predicted octanol–water partition coefficient (Wildman–Crippen LogP) is 2.34. The molecule has 0 aliphatic heterocycles. The summed E-state index contributed by atoms with van der Waals surface area (Å²) in [5, 5.41) is 0. The van der Waals surface area contributed by atoms with Crippen LogP contribution in [-0.2, 0) is 33.0 Å². The Hall–Kier alpha value is -1.81. The SMILES string of the molecule is Cn1cc(CN)nc1COc1cccc2c1CCCC2. The van der Waals surface area contributed by atoms with Crippen molar-refractivity contribution >= 4 is 0 Å². The van der Waals surface area contributed by atoms with E-state index in [0.29, 0.717) is 13.2 Å². The van der Waals surface area contributed by atoms with Crippen LogP contribution in [0, 0.1) is 0 Å². The summed E-state index contributed by atoms with van der Waals surface area (Å²) in [6.07, 6.45) is 6.80. The highest BCUT2D eigenvalue weighted by atomic mass is 16.5. The van der Waals surface area contributed by atoms with Gasteiger partial charge in [0.15, 0.2) is 0 Å². The predicted molar refractivity (Wildman–Crippen MR) is 78.5 cm³/mol. The van der Waals surface area contributed by atoms with E-state index >= 15 is 0 Å². The number of aryl methyl sites for hydroxylation is 2. The molecule has 4 nitrogen and oxygen atoms in total. The average molecular weight is 271 g/mol. The molecule has 106 valence electrons. The third kappa shape index (κ3) is 2.56. The smallest absolute Gasteiger partial charge is 0.146 e. The largest absolute Gasteiger partial charge is 0.485 e. The zero-order valence-electron chi connectivity index (χ0n) is 11.9. The van der Waals surface area contributed by atoms with Gasteiger partial charge in [0, 0.05) is 19.8 Å². The normalized spacial score (nSPS) is 14.1. The molecule has 0 fully saturated rings. The van der Waals surface area contributed by atoms with Gasteiger partial charge in [-0.2, -0.15) is 0 Å². The van der Waals surface area contributed by atoms with Crippen LogP contribution in [0.5, 0.6) is 5.75 Å².